The Bertz CT molecular complexity index is 1460. The van der Waals surface area contributed by atoms with Gasteiger partial charge in [0.15, 0.2) is 0 Å². The van der Waals surface area contributed by atoms with Gasteiger partial charge in [0, 0.05) is 47.0 Å². The Labute approximate surface area is 211 Å². The molecule has 0 atom stereocenters. The van der Waals surface area contributed by atoms with Gasteiger partial charge in [-0.25, -0.2) is 0 Å². The maximum Gasteiger partial charge on any atom is 0.263 e. The molecule has 1 aromatic heterocycles. The predicted octanol–water partition coefficient (Wildman–Crippen LogP) is 6.26. The minimum Gasteiger partial charge on any atom is -0.341 e. The second kappa shape index (κ2) is 9.50. The van der Waals surface area contributed by atoms with Crippen LogP contribution in [0, 0.1) is 0 Å². The third-order valence-electron chi connectivity index (χ3n) is 7.27. The number of hydrogen-bond donors (Lipinski definition) is 0. The highest BCUT2D eigenvalue weighted by atomic mass is 16.2. The van der Waals surface area contributed by atoms with Crippen molar-refractivity contribution in [1.82, 2.24) is 9.47 Å². The van der Waals surface area contributed by atoms with Gasteiger partial charge in [-0.3, -0.25) is 14.5 Å². The molecule has 1 saturated heterocycles. The number of benzene rings is 3. The van der Waals surface area contributed by atoms with Crippen LogP contribution in [-0.2, 0) is 16.1 Å². The van der Waals surface area contributed by atoms with Crippen LogP contribution in [0.1, 0.15) is 36.8 Å². The molecule has 0 saturated carbocycles. The van der Waals surface area contributed by atoms with Gasteiger partial charge in [-0.1, -0.05) is 67.4 Å². The lowest BCUT2D eigenvalue weighted by Gasteiger charge is -2.20. The molecule has 2 aliphatic heterocycles. The lowest BCUT2D eigenvalue weighted by Crippen LogP contribution is -2.34. The molecule has 0 unspecified atom stereocenters. The van der Waals surface area contributed by atoms with Crippen LogP contribution in [0.25, 0.3) is 22.6 Å². The maximum absolute atomic E-state index is 13.7. The van der Waals surface area contributed by atoms with E-state index in [0.717, 1.165) is 59.3 Å². The number of anilines is 2. The highest BCUT2D eigenvalue weighted by molar-refractivity contribution is 6.38. The first kappa shape index (κ1) is 22.4. The molecule has 0 bridgehead atoms. The smallest absolute Gasteiger partial charge is 0.263 e. The summed E-state index contributed by atoms with van der Waals surface area (Å²) in [6, 6.07) is 25.8. The summed E-state index contributed by atoms with van der Waals surface area (Å²) in [6.45, 7) is 2.00. The average molecular weight is 476 g/mol. The van der Waals surface area contributed by atoms with E-state index in [-0.39, 0.29) is 11.8 Å². The number of likely N-dealkylation sites (tertiary alicyclic amines) is 1. The summed E-state index contributed by atoms with van der Waals surface area (Å²) in [4.78, 5) is 30.7. The Hall–Kier alpha value is -4.12. The molecule has 180 valence electrons. The van der Waals surface area contributed by atoms with Crippen molar-refractivity contribution in [3.8, 4) is 0 Å². The number of para-hydroxylation sites is 3. The van der Waals surface area contributed by atoms with E-state index >= 15 is 0 Å². The van der Waals surface area contributed by atoms with Gasteiger partial charge in [-0.05, 0) is 43.2 Å². The summed E-state index contributed by atoms with van der Waals surface area (Å²) in [5, 5.41) is 1.04. The molecule has 0 spiro atoms. The molecule has 5 heteroatoms. The van der Waals surface area contributed by atoms with Crippen molar-refractivity contribution < 1.29 is 9.59 Å². The first-order chi connectivity index (χ1) is 17.7. The highest BCUT2D eigenvalue weighted by Crippen LogP contribution is 2.42. The Kier molecular flexibility index (Phi) is 5.90. The van der Waals surface area contributed by atoms with Crippen LogP contribution in [0.4, 0.5) is 11.4 Å². The van der Waals surface area contributed by atoms with E-state index in [1.807, 2.05) is 94.5 Å². The SMILES string of the molecule is O=C(Cn1cc(C=C2C(=O)N(c3ccccc3)c3ccccc32)c2ccccc21)N1CCCCCC1. The number of carbonyl (C=O) groups excluding carboxylic acids is 2. The Balaban J connectivity index is 1.39. The number of fused-ring (bicyclic) bond motifs is 2. The Morgan fingerprint density at radius 1 is 0.806 bits per heavy atom. The van der Waals surface area contributed by atoms with E-state index in [0.29, 0.717) is 12.1 Å². The van der Waals surface area contributed by atoms with Crippen LogP contribution in [0.15, 0.2) is 85.1 Å². The molecule has 5 nitrogen and oxygen atoms in total. The molecular weight excluding hydrogens is 446 g/mol. The van der Waals surface area contributed by atoms with E-state index in [9.17, 15) is 9.59 Å². The number of nitrogens with zero attached hydrogens (tertiary/aromatic N) is 3. The van der Waals surface area contributed by atoms with Gasteiger partial charge >= 0.3 is 0 Å². The molecule has 0 N–H and O–H groups in total. The fourth-order valence-corrected chi connectivity index (χ4v) is 5.46. The highest BCUT2D eigenvalue weighted by Gasteiger charge is 2.33. The first-order valence-electron chi connectivity index (χ1n) is 12.8. The standard InChI is InChI=1S/C31H29N3O2/c35-30(32-18-10-1-2-11-19-32)22-33-21-23(25-14-6-8-16-28(25)33)20-27-26-15-7-9-17-29(26)34(31(27)36)24-12-4-3-5-13-24/h3-9,12-17,20-21H,1-2,10-11,18-19,22H2. The van der Waals surface area contributed by atoms with Gasteiger partial charge < -0.3 is 9.47 Å². The second-order valence-corrected chi connectivity index (χ2v) is 9.58. The van der Waals surface area contributed by atoms with E-state index in [1.165, 1.54) is 12.8 Å². The van der Waals surface area contributed by atoms with E-state index in [2.05, 4.69) is 6.07 Å². The van der Waals surface area contributed by atoms with Gasteiger partial charge in [0.05, 0.1) is 11.3 Å². The lowest BCUT2D eigenvalue weighted by molar-refractivity contribution is -0.131. The molecule has 6 rings (SSSR count). The van der Waals surface area contributed by atoms with Gasteiger partial charge in [-0.15, -0.1) is 0 Å². The summed E-state index contributed by atoms with van der Waals surface area (Å²) in [5.41, 5.74) is 5.28. The van der Waals surface area contributed by atoms with Crippen molar-refractivity contribution in [2.75, 3.05) is 18.0 Å². The molecule has 2 aliphatic rings. The van der Waals surface area contributed by atoms with E-state index in [1.54, 1.807) is 4.90 Å². The van der Waals surface area contributed by atoms with Crippen molar-refractivity contribution in [1.29, 1.82) is 0 Å². The van der Waals surface area contributed by atoms with Crippen LogP contribution in [0.2, 0.25) is 0 Å². The van der Waals surface area contributed by atoms with Gasteiger partial charge in [-0.2, -0.15) is 0 Å². The fraction of sp³-hybridized carbons (Fsp3) is 0.226. The van der Waals surface area contributed by atoms with Crippen molar-refractivity contribution in [3.05, 3.63) is 96.2 Å². The van der Waals surface area contributed by atoms with Crippen LogP contribution in [-0.4, -0.2) is 34.4 Å². The Morgan fingerprint density at radius 2 is 1.50 bits per heavy atom. The fourth-order valence-electron chi connectivity index (χ4n) is 5.46. The molecule has 36 heavy (non-hydrogen) atoms. The quantitative estimate of drug-likeness (QED) is 0.327. The molecule has 3 aromatic carbocycles. The summed E-state index contributed by atoms with van der Waals surface area (Å²) < 4.78 is 2.04. The predicted molar refractivity (Wildman–Crippen MR) is 145 cm³/mol. The van der Waals surface area contributed by atoms with Crippen molar-refractivity contribution in [2.24, 2.45) is 0 Å². The summed E-state index contributed by atoms with van der Waals surface area (Å²) in [7, 11) is 0. The third kappa shape index (κ3) is 4.01. The van der Waals surface area contributed by atoms with Crippen LogP contribution in [0.5, 0.6) is 0 Å². The van der Waals surface area contributed by atoms with Gasteiger partial charge in [0.25, 0.3) is 5.91 Å². The van der Waals surface area contributed by atoms with Crippen LogP contribution < -0.4 is 4.90 Å². The number of carbonyl (C=O) groups is 2. The average Bonchev–Trinajstić information content (AvgIpc) is 3.23. The normalized spacial score (nSPS) is 17.0. The topological polar surface area (TPSA) is 45.6 Å². The summed E-state index contributed by atoms with van der Waals surface area (Å²) in [5.74, 6) is 0.120. The minimum absolute atomic E-state index is 0.0418. The van der Waals surface area contributed by atoms with Gasteiger partial charge in [0.1, 0.15) is 6.54 Å². The zero-order chi connectivity index (χ0) is 24.5. The minimum atomic E-state index is -0.0418. The number of rotatable bonds is 4. The molecule has 0 aliphatic carbocycles. The molecule has 3 heterocycles. The van der Waals surface area contributed by atoms with Gasteiger partial charge in [0.2, 0.25) is 5.91 Å². The first-order valence-corrected chi connectivity index (χ1v) is 12.8. The van der Waals surface area contributed by atoms with Crippen LogP contribution >= 0.6 is 0 Å². The molecule has 2 amide bonds. The van der Waals surface area contributed by atoms with Crippen LogP contribution in [0.3, 0.4) is 0 Å². The molecule has 1 fully saturated rings. The molecule has 4 aromatic rings. The zero-order valence-electron chi connectivity index (χ0n) is 20.3. The van der Waals surface area contributed by atoms with E-state index in [4.69, 9.17) is 0 Å². The third-order valence-corrected chi connectivity index (χ3v) is 7.27. The lowest BCUT2D eigenvalue weighted by atomic mass is 10.0. The number of hydrogen-bond acceptors (Lipinski definition) is 2. The van der Waals surface area contributed by atoms with E-state index < -0.39 is 0 Å². The van der Waals surface area contributed by atoms with Crippen molar-refractivity contribution >= 4 is 45.7 Å². The van der Waals surface area contributed by atoms with Crippen molar-refractivity contribution in [2.45, 2.75) is 32.2 Å². The summed E-state index contributed by atoms with van der Waals surface area (Å²) >= 11 is 0. The second-order valence-electron chi connectivity index (χ2n) is 9.58. The Morgan fingerprint density at radius 3 is 2.31 bits per heavy atom. The largest absolute Gasteiger partial charge is 0.341 e. The molecular formula is C31H29N3O2. The monoisotopic (exact) mass is 475 g/mol. The molecule has 0 radical (unpaired) electrons. The number of amides is 2. The zero-order valence-corrected chi connectivity index (χ0v) is 20.3. The number of aromatic nitrogens is 1. The summed E-state index contributed by atoms with van der Waals surface area (Å²) in [6.07, 6.45) is 8.56. The maximum atomic E-state index is 13.7. The van der Waals surface area contributed by atoms with Crippen molar-refractivity contribution in [3.63, 3.8) is 0 Å².